The number of rotatable bonds is 8. The molecule has 3 nitrogen and oxygen atoms in total. The van der Waals surface area contributed by atoms with Crippen molar-refractivity contribution in [3.63, 3.8) is 0 Å². The minimum Gasteiger partial charge on any atom is -0.372 e. The fourth-order valence-electron chi connectivity index (χ4n) is 1.21. The molecule has 0 aliphatic carbocycles. The highest BCUT2D eigenvalue weighted by molar-refractivity contribution is 4.71. The van der Waals surface area contributed by atoms with E-state index in [0.717, 1.165) is 6.54 Å². The molecule has 0 aromatic carbocycles. The Morgan fingerprint density at radius 3 is 2.50 bits per heavy atom. The van der Waals surface area contributed by atoms with E-state index in [1.807, 2.05) is 17.9 Å². The van der Waals surface area contributed by atoms with Crippen LogP contribution in [0.1, 0.15) is 19.8 Å². The molecule has 0 N–H and O–H groups in total. The molecule has 0 atom stereocenters. The van der Waals surface area contributed by atoms with Gasteiger partial charge >= 0.3 is 6.18 Å². The van der Waals surface area contributed by atoms with Gasteiger partial charge in [0, 0.05) is 26.1 Å². The molecule has 0 aromatic heterocycles. The van der Waals surface area contributed by atoms with E-state index in [9.17, 15) is 13.2 Å². The van der Waals surface area contributed by atoms with Gasteiger partial charge in [0.25, 0.3) is 0 Å². The van der Waals surface area contributed by atoms with Crippen LogP contribution in [0.25, 0.3) is 0 Å². The molecular weight excluding hydrogens is 221 g/mol. The third kappa shape index (κ3) is 9.74. The van der Waals surface area contributed by atoms with Crippen molar-refractivity contribution in [2.45, 2.75) is 25.9 Å². The molecule has 0 saturated heterocycles. The maximum absolute atomic E-state index is 11.7. The van der Waals surface area contributed by atoms with Crippen LogP contribution in [-0.4, -0.2) is 43.9 Å². The van der Waals surface area contributed by atoms with Gasteiger partial charge in [0.15, 0.2) is 0 Å². The highest BCUT2D eigenvalue weighted by Gasteiger charge is 2.27. The van der Waals surface area contributed by atoms with Crippen molar-refractivity contribution in [1.82, 2.24) is 4.90 Å². The topological polar surface area (TPSA) is 36.3 Å². The summed E-state index contributed by atoms with van der Waals surface area (Å²) in [6.07, 6.45) is -3.25. The first-order valence-corrected chi connectivity index (χ1v) is 5.23. The zero-order valence-corrected chi connectivity index (χ0v) is 9.39. The van der Waals surface area contributed by atoms with Crippen molar-refractivity contribution in [2.24, 2.45) is 0 Å². The predicted octanol–water partition coefficient (Wildman–Crippen LogP) is 2.19. The van der Waals surface area contributed by atoms with E-state index < -0.39 is 12.8 Å². The molecule has 16 heavy (non-hydrogen) atoms. The summed E-state index contributed by atoms with van der Waals surface area (Å²) >= 11 is 0. The Bertz CT molecular complexity index is 213. The Kier molecular flexibility index (Phi) is 7.95. The van der Waals surface area contributed by atoms with Crippen LogP contribution in [0.2, 0.25) is 0 Å². The van der Waals surface area contributed by atoms with Gasteiger partial charge < -0.3 is 9.64 Å². The predicted molar refractivity (Wildman–Crippen MR) is 53.8 cm³/mol. The van der Waals surface area contributed by atoms with Crippen LogP contribution in [0.5, 0.6) is 0 Å². The van der Waals surface area contributed by atoms with E-state index in [4.69, 9.17) is 5.26 Å². The van der Waals surface area contributed by atoms with E-state index in [-0.39, 0.29) is 6.61 Å². The van der Waals surface area contributed by atoms with E-state index in [1.165, 1.54) is 0 Å². The van der Waals surface area contributed by atoms with Crippen LogP contribution in [0.3, 0.4) is 0 Å². The number of nitriles is 1. The lowest BCUT2D eigenvalue weighted by atomic mass is 10.3. The Labute approximate surface area is 93.8 Å². The summed E-state index contributed by atoms with van der Waals surface area (Å²) in [5, 5.41) is 8.38. The normalized spacial score (nSPS) is 11.8. The second-order valence-electron chi connectivity index (χ2n) is 3.36. The van der Waals surface area contributed by atoms with Crippen molar-refractivity contribution < 1.29 is 17.9 Å². The molecule has 0 aromatic rings. The first-order chi connectivity index (χ1) is 7.49. The highest BCUT2D eigenvalue weighted by Crippen LogP contribution is 2.14. The lowest BCUT2D eigenvalue weighted by Gasteiger charge is -2.18. The van der Waals surface area contributed by atoms with Crippen LogP contribution in [0, 0.1) is 11.3 Å². The average molecular weight is 238 g/mol. The van der Waals surface area contributed by atoms with E-state index in [2.05, 4.69) is 4.74 Å². The summed E-state index contributed by atoms with van der Waals surface area (Å²) in [7, 11) is 0. The van der Waals surface area contributed by atoms with Crippen LogP contribution >= 0.6 is 0 Å². The van der Waals surface area contributed by atoms with E-state index >= 15 is 0 Å². The summed E-state index contributed by atoms with van der Waals surface area (Å²) in [5.41, 5.74) is 0. The fraction of sp³-hybridized carbons (Fsp3) is 0.900. The zero-order valence-electron chi connectivity index (χ0n) is 9.39. The highest BCUT2D eigenvalue weighted by atomic mass is 19.4. The minimum absolute atomic E-state index is 0.0998. The van der Waals surface area contributed by atoms with Crippen LogP contribution in [-0.2, 0) is 4.74 Å². The molecule has 0 aliphatic rings. The van der Waals surface area contributed by atoms with Crippen LogP contribution in [0.4, 0.5) is 13.2 Å². The molecule has 0 heterocycles. The van der Waals surface area contributed by atoms with Gasteiger partial charge in [0.05, 0.1) is 6.07 Å². The molecule has 0 spiro atoms. The quantitative estimate of drug-likeness (QED) is 0.608. The summed E-state index contributed by atoms with van der Waals surface area (Å²) in [5.74, 6) is 0. The molecule has 0 bridgehead atoms. The first-order valence-electron chi connectivity index (χ1n) is 5.23. The molecule has 0 saturated carbocycles. The maximum Gasteiger partial charge on any atom is 0.411 e. The zero-order chi connectivity index (χ0) is 12.4. The lowest BCUT2D eigenvalue weighted by Crippen LogP contribution is -2.27. The van der Waals surface area contributed by atoms with Crippen molar-refractivity contribution in [3.05, 3.63) is 0 Å². The van der Waals surface area contributed by atoms with Crippen molar-refractivity contribution in [2.75, 3.05) is 32.8 Å². The summed E-state index contributed by atoms with van der Waals surface area (Å²) in [6, 6.07) is 2.03. The van der Waals surface area contributed by atoms with Gasteiger partial charge in [-0.3, -0.25) is 0 Å². The first kappa shape index (κ1) is 15.2. The van der Waals surface area contributed by atoms with Gasteiger partial charge in [0.2, 0.25) is 0 Å². The third-order valence-corrected chi connectivity index (χ3v) is 2.02. The fourth-order valence-corrected chi connectivity index (χ4v) is 1.21. The Morgan fingerprint density at radius 2 is 2.00 bits per heavy atom. The van der Waals surface area contributed by atoms with Gasteiger partial charge in [-0.05, 0) is 13.0 Å². The van der Waals surface area contributed by atoms with Crippen molar-refractivity contribution >= 4 is 0 Å². The lowest BCUT2D eigenvalue weighted by molar-refractivity contribution is -0.174. The summed E-state index contributed by atoms with van der Waals surface area (Å²) < 4.78 is 39.6. The van der Waals surface area contributed by atoms with Gasteiger partial charge in [-0.2, -0.15) is 18.4 Å². The van der Waals surface area contributed by atoms with Gasteiger partial charge in [0.1, 0.15) is 6.61 Å². The summed E-state index contributed by atoms with van der Waals surface area (Å²) in [6.45, 7) is 2.98. The molecular formula is C10H17F3N2O. The smallest absolute Gasteiger partial charge is 0.372 e. The largest absolute Gasteiger partial charge is 0.411 e. The number of nitrogens with zero attached hydrogens (tertiary/aromatic N) is 2. The number of hydrogen-bond donors (Lipinski definition) is 0. The van der Waals surface area contributed by atoms with Gasteiger partial charge in [-0.25, -0.2) is 0 Å². The Balaban J connectivity index is 3.45. The number of ether oxygens (including phenoxy) is 1. The molecule has 0 radical (unpaired) electrons. The van der Waals surface area contributed by atoms with E-state index in [0.29, 0.717) is 25.9 Å². The molecule has 0 amide bonds. The summed E-state index contributed by atoms with van der Waals surface area (Å²) in [4.78, 5) is 2.01. The second kappa shape index (κ2) is 8.36. The third-order valence-electron chi connectivity index (χ3n) is 2.02. The molecule has 0 unspecified atom stereocenters. The number of alkyl halides is 3. The van der Waals surface area contributed by atoms with Gasteiger partial charge in [-0.15, -0.1) is 0 Å². The SMILES string of the molecule is CCN(CCC#N)CCCOCC(F)(F)F. The molecule has 0 aliphatic heterocycles. The van der Waals surface area contributed by atoms with Crippen LogP contribution in [0.15, 0.2) is 0 Å². The number of halogens is 3. The van der Waals surface area contributed by atoms with Gasteiger partial charge in [-0.1, -0.05) is 6.92 Å². The van der Waals surface area contributed by atoms with Crippen LogP contribution < -0.4 is 0 Å². The minimum atomic E-state index is -4.24. The number of hydrogen-bond acceptors (Lipinski definition) is 3. The Morgan fingerprint density at radius 1 is 1.31 bits per heavy atom. The van der Waals surface area contributed by atoms with E-state index in [1.54, 1.807) is 0 Å². The molecule has 6 heteroatoms. The average Bonchev–Trinajstić information content (AvgIpc) is 2.20. The molecule has 0 fully saturated rings. The molecule has 0 rings (SSSR count). The standard InChI is InChI=1S/C10H17F3N2O/c1-2-15(6-3-5-14)7-4-8-16-9-10(11,12)13/h2-4,6-9H2,1H3. The monoisotopic (exact) mass is 238 g/mol. The Hall–Kier alpha value is -0.800. The molecule has 94 valence electrons. The van der Waals surface area contributed by atoms with Crippen molar-refractivity contribution in [1.29, 1.82) is 5.26 Å². The second-order valence-corrected chi connectivity index (χ2v) is 3.36. The van der Waals surface area contributed by atoms with Crippen molar-refractivity contribution in [3.8, 4) is 6.07 Å². The maximum atomic E-state index is 11.7.